The van der Waals surface area contributed by atoms with Gasteiger partial charge in [-0.3, -0.25) is 10.1 Å². The minimum Gasteiger partial charge on any atom is -0.370 e. The first-order valence-electron chi connectivity index (χ1n) is 7.54. The van der Waals surface area contributed by atoms with Crippen LogP contribution in [0.15, 0.2) is 47.5 Å². The van der Waals surface area contributed by atoms with Gasteiger partial charge in [-0.1, -0.05) is 18.2 Å². The molecule has 1 aliphatic carbocycles. The van der Waals surface area contributed by atoms with E-state index in [2.05, 4.69) is 22.4 Å². The normalized spacial score (nSPS) is 13.1. The lowest BCUT2D eigenvalue weighted by molar-refractivity contribution is -0.384. The van der Waals surface area contributed by atoms with E-state index in [-0.39, 0.29) is 29.7 Å². The van der Waals surface area contributed by atoms with Crippen LogP contribution < -0.4 is 11.1 Å². The number of guanidine groups is 1. The molecule has 24 heavy (non-hydrogen) atoms. The first-order chi connectivity index (χ1) is 11.1. The number of nitrogens with one attached hydrogen (secondary N) is 1. The number of halogens is 1. The SMILES string of the molecule is I.NC(=NCc1cccc([N+](=O)[O-])c1)Nc1ccc2c(c1)CCC2. The molecule has 0 unspecified atom stereocenters. The fourth-order valence-electron chi connectivity index (χ4n) is 2.78. The summed E-state index contributed by atoms with van der Waals surface area (Å²) >= 11 is 0. The van der Waals surface area contributed by atoms with Gasteiger partial charge in [-0.2, -0.15) is 0 Å². The predicted octanol–water partition coefficient (Wildman–Crippen LogP) is 3.63. The topological polar surface area (TPSA) is 93.5 Å². The Hall–Kier alpha value is -2.16. The molecule has 3 N–H and O–H groups in total. The highest BCUT2D eigenvalue weighted by Crippen LogP contribution is 2.24. The number of rotatable bonds is 4. The molecule has 2 aromatic carbocycles. The van der Waals surface area contributed by atoms with Crippen molar-refractivity contribution in [2.45, 2.75) is 25.8 Å². The smallest absolute Gasteiger partial charge is 0.269 e. The summed E-state index contributed by atoms with van der Waals surface area (Å²) < 4.78 is 0. The van der Waals surface area contributed by atoms with Crippen molar-refractivity contribution in [1.29, 1.82) is 0 Å². The molecule has 1 aliphatic rings. The van der Waals surface area contributed by atoms with Gasteiger partial charge in [-0.15, -0.1) is 24.0 Å². The number of aliphatic imine (C=N–C) groups is 1. The minimum atomic E-state index is -0.417. The molecule has 0 fully saturated rings. The van der Waals surface area contributed by atoms with Crippen LogP contribution in [0.3, 0.4) is 0 Å². The van der Waals surface area contributed by atoms with E-state index in [0.29, 0.717) is 12.5 Å². The van der Waals surface area contributed by atoms with Gasteiger partial charge in [0.25, 0.3) is 5.69 Å². The maximum atomic E-state index is 10.8. The molecular formula is C17H19IN4O2. The van der Waals surface area contributed by atoms with Crippen molar-refractivity contribution >= 4 is 41.3 Å². The number of non-ortho nitro benzene ring substituents is 1. The molecule has 0 radical (unpaired) electrons. The summed E-state index contributed by atoms with van der Waals surface area (Å²) in [6.45, 7) is 0.297. The molecule has 6 nitrogen and oxygen atoms in total. The van der Waals surface area contributed by atoms with Gasteiger partial charge in [0.1, 0.15) is 0 Å². The van der Waals surface area contributed by atoms with Crippen molar-refractivity contribution in [3.8, 4) is 0 Å². The second-order valence-corrected chi connectivity index (χ2v) is 5.59. The van der Waals surface area contributed by atoms with Crippen molar-refractivity contribution in [2.24, 2.45) is 10.7 Å². The van der Waals surface area contributed by atoms with E-state index in [0.717, 1.165) is 24.1 Å². The zero-order valence-corrected chi connectivity index (χ0v) is 15.4. The Morgan fingerprint density at radius 3 is 2.79 bits per heavy atom. The van der Waals surface area contributed by atoms with E-state index in [4.69, 9.17) is 5.73 Å². The largest absolute Gasteiger partial charge is 0.370 e. The molecule has 7 heteroatoms. The lowest BCUT2D eigenvalue weighted by Crippen LogP contribution is -2.22. The first kappa shape index (κ1) is 18.2. The van der Waals surface area contributed by atoms with Crippen LogP contribution in [-0.4, -0.2) is 10.9 Å². The molecule has 0 bridgehead atoms. The van der Waals surface area contributed by atoms with Gasteiger partial charge in [0.05, 0.1) is 11.5 Å². The Bertz CT molecular complexity index is 777. The summed E-state index contributed by atoms with van der Waals surface area (Å²) in [7, 11) is 0. The van der Waals surface area contributed by atoms with Crippen LogP contribution in [0.4, 0.5) is 11.4 Å². The predicted molar refractivity (Wildman–Crippen MR) is 106 cm³/mol. The van der Waals surface area contributed by atoms with E-state index in [1.54, 1.807) is 12.1 Å². The highest BCUT2D eigenvalue weighted by molar-refractivity contribution is 14.0. The molecule has 126 valence electrons. The number of nitro groups is 1. The van der Waals surface area contributed by atoms with E-state index < -0.39 is 4.92 Å². The third kappa shape index (κ3) is 4.44. The van der Waals surface area contributed by atoms with Crippen molar-refractivity contribution in [1.82, 2.24) is 0 Å². The third-order valence-corrected chi connectivity index (χ3v) is 3.92. The molecule has 0 aliphatic heterocycles. The van der Waals surface area contributed by atoms with Crippen LogP contribution in [0, 0.1) is 10.1 Å². The van der Waals surface area contributed by atoms with E-state index >= 15 is 0 Å². The Morgan fingerprint density at radius 2 is 2.00 bits per heavy atom. The van der Waals surface area contributed by atoms with Crippen LogP contribution in [0.1, 0.15) is 23.1 Å². The lowest BCUT2D eigenvalue weighted by Gasteiger charge is -2.08. The summed E-state index contributed by atoms with van der Waals surface area (Å²) in [4.78, 5) is 14.6. The number of benzene rings is 2. The molecular weight excluding hydrogens is 419 g/mol. The molecule has 0 aromatic heterocycles. The van der Waals surface area contributed by atoms with E-state index in [1.807, 2.05) is 6.07 Å². The number of aryl methyl sites for hydroxylation is 2. The molecule has 0 saturated heterocycles. The van der Waals surface area contributed by atoms with Crippen LogP contribution >= 0.6 is 24.0 Å². The average Bonchev–Trinajstić information content (AvgIpc) is 3.01. The van der Waals surface area contributed by atoms with Crippen molar-refractivity contribution in [3.63, 3.8) is 0 Å². The van der Waals surface area contributed by atoms with E-state index in [1.165, 1.54) is 29.7 Å². The number of nitro benzene ring substituents is 1. The zero-order chi connectivity index (χ0) is 16.2. The molecule has 3 rings (SSSR count). The number of fused-ring (bicyclic) bond motifs is 1. The quantitative estimate of drug-likeness (QED) is 0.251. The number of nitrogens with zero attached hydrogens (tertiary/aromatic N) is 2. The van der Waals surface area contributed by atoms with Gasteiger partial charge < -0.3 is 11.1 Å². The summed E-state index contributed by atoms with van der Waals surface area (Å²) in [6.07, 6.45) is 3.46. The average molecular weight is 438 g/mol. The Morgan fingerprint density at radius 1 is 1.21 bits per heavy atom. The van der Waals surface area contributed by atoms with Crippen molar-refractivity contribution < 1.29 is 4.92 Å². The standard InChI is InChI=1S/C17H18N4O2.HI/c18-17(19-11-12-3-1-6-16(9-12)21(22)23)20-15-8-7-13-4-2-5-14(13)10-15;/h1,3,6-10H,2,4-5,11H2,(H3,18,19,20);1H. The van der Waals surface area contributed by atoms with Gasteiger partial charge in [-0.25, -0.2) is 4.99 Å². The van der Waals surface area contributed by atoms with Crippen LogP contribution in [0.2, 0.25) is 0 Å². The first-order valence-corrected chi connectivity index (χ1v) is 7.54. The molecule has 2 aromatic rings. The Balaban J connectivity index is 0.00000208. The third-order valence-electron chi connectivity index (χ3n) is 3.92. The maximum Gasteiger partial charge on any atom is 0.269 e. The molecule has 0 spiro atoms. The van der Waals surface area contributed by atoms with Gasteiger partial charge in [0, 0.05) is 17.8 Å². The molecule has 0 atom stereocenters. The minimum absolute atomic E-state index is 0. The lowest BCUT2D eigenvalue weighted by atomic mass is 10.1. The highest BCUT2D eigenvalue weighted by atomic mass is 127. The maximum absolute atomic E-state index is 10.8. The number of anilines is 1. The monoisotopic (exact) mass is 438 g/mol. The summed E-state index contributed by atoms with van der Waals surface area (Å²) in [5, 5.41) is 13.8. The summed E-state index contributed by atoms with van der Waals surface area (Å²) in [5.74, 6) is 0.300. The molecule has 0 amide bonds. The van der Waals surface area contributed by atoms with Gasteiger partial charge in [0.15, 0.2) is 5.96 Å². The molecule has 0 saturated carbocycles. The fraction of sp³-hybridized carbons (Fsp3) is 0.235. The summed E-state index contributed by atoms with van der Waals surface area (Å²) in [6, 6.07) is 12.6. The van der Waals surface area contributed by atoms with Gasteiger partial charge >= 0.3 is 0 Å². The van der Waals surface area contributed by atoms with Gasteiger partial charge in [0.2, 0.25) is 0 Å². The number of hydrogen-bond acceptors (Lipinski definition) is 3. The van der Waals surface area contributed by atoms with E-state index in [9.17, 15) is 10.1 Å². The van der Waals surface area contributed by atoms with Gasteiger partial charge in [-0.05, 0) is 48.1 Å². The van der Waals surface area contributed by atoms with Crippen molar-refractivity contribution in [2.75, 3.05) is 5.32 Å². The number of nitrogens with two attached hydrogens (primary N) is 1. The summed E-state index contributed by atoms with van der Waals surface area (Å²) in [5.41, 5.74) is 10.4. The van der Waals surface area contributed by atoms with Crippen molar-refractivity contribution in [3.05, 3.63) is 69.3 Å². The second kappa shape index (κ2) is 8.09. The number of hydrogen-bond donors (Lipinski definition) is 2. The fourth-order valence-corrected chi connectivity index (χ4v) is 2.78. The second-order valence-electron chi connectivity index (χ2n) is 5.59. The highest BCUT2D eigenvalue weighted by Gasteiger charge is 2.11. The molecule has 0 heterocycles. The van der Waals surface area contributed by atoms with Crippen LogP contribution in [-0.2, 0) is 19.4 Å². The van der Waals surface area contributed by atoms with Crippen LogP contribution in [0.25, 0.3) is 0 Å². The Labute approximate surface area is 157 Å². The zero-order valence-electron chi connectivity index (χ0n) is 13.1. The van der Waals surface area contributed by atoms with Crippen LogP contribution in [0.5, 0.6) is 0 Å². The Kier molecular flexibility index (Phi) is 6.13.